The van der Waals surface area contributed by atoms with E-state index in [0.29, 0.717) is 0 Å². The third-order valence-electron chi connectivity index (χ3n) is 2.16. The van der Waals surface area contributed by atoms with Crippen molar-refractivity contribution >= 4 is 16.9 Å². The van der Waals surface area contributed by atoms with Crippen LogP contribution in [0.4, 0.5) is 0 Å². The number of hydrogen-bond acceptors (Lipinski definition) is 2. The number of carboxylic acid groups (broad SMARTS) is 1. The van der Waals surface area contributed by atoms with Crippen molar-refractivity contribution in [1.29, 1.82) is 0 Å². The molecule has 0 unspecified atom stereocenters. The van der Waals surface area contributed by atoms with Crippen LogP contribution in [-0.2, 0) is 6.61 Å². The smallest absolute Gasteiger partial charge is 0.352 e. The Morgan fingerprint density at radius 1 is 1.43 bits per heavy atom. The molecule has 2 aromatic rings. The van der Waals surface area contributed by atoms with Crippen LogP contribution in [0.2, 0.25) is 0 Å². The fourth-order valence-corrected chi connectivity index (χ4v) is 1.47. The summed E-state index contributed by atoms with van der Waals surface area (Å²) in [6, 6.07) is 6.85. The Kier molecular flexibility index (Phi) is 1.98. The van der Waals surface area contributed by atoms with Crippen LogP contribution in [0.15, 0.2) is 24.3 Å². The minimum Gasteiger partial charge on any atom is -0.477 e. The van der Waals surface area contributed by atoms with Crippen molar-refractivity contribution in [2.75, 3.05) is 0 Å². The normalized spacial score (nSPS) is 10.6. The molecule has 0 aliphatic carbocycles. The van der Waals surface area contributed by atoms with Gasteiger partial charge in [-0.25, -0.2) is 4.79 Å². The third-order valence-corrected chi connectivity index (χ3v) is 2.16. The number of fused-ring (bicyclic) bond motifs is 1. The number of hydrogen-bond donors (Lipinski definition) is 3. The number of aliphatic hydroxyl groups excluding tert-OH is 1. The Bertz CT molecular complexity index is 487. The first kappa shape index (κ1) is 8.77. The Labute approximate surface area is 79.8 Å². The summed E-state index contributed by atoms with van der Waals surface area (Å²) in [6.45, 7) is -0.0890. The maximum Gasteiger partial charge on any atom is 0.352 e. The molecule has 72 valence electrons. The third kappa shape index (κ3) is 1.25. The Hall–Kier alpha value is -1.81. The van der Waals surface area contributed by atoms with E-state index in [4.69, 9.17) is 10.2 Å². The largest absolute Gasteiger partial charge is 0.477 e. The zero-order valence-corrected chi connectivity index (χ0v) is 7.32. The summed E-state index contributed by atoms with van der Waals surface area (Å²) in [6.07, 6.45) is 0. The highest BCUT2D eigenvalue weighted by atomic mass is 16.4. The number of carboxylic acids is 1. The Balaban J connectivity index is 2.70. The lowest BCUT2D eigenvalue weighted by Crippen LogP contribution is -1.94. The number of aromatic carboxylic acids is 1. The Morgan fingerprint density at radius 3 is 2.86 bits per heavy atom. The average molecular weight is 191 g/mol. The van der Waals surface area contributed by atoms with Crippen LogP contribution in [0.1, 0.15) is 16.1 Å². The minimum absolute atomic E-state index is 0.0890. The van der Waals surface area contributed by atoms with Gasteiger partial charge in [-0.1, -0.05) is 12.1 Å². The van der Waals surface area contributed by atoms with Crippen LogP contribution < -0.4 is 0 Å². The summed E-state index contributed by atoms with van der Waals surface area (Å²) in [5.74, 6) is -0.995. The van der Waals surface area contributed by atoms with E-state index in [9.17, 15) is 4.79 Å². The SMILES string of the molecule is O=C(O)c1cc2c(CO)cccc2[nH]1. The number of aromatic amines is 1. The van der Waals surface area contributed by atoms with Gasteiger partial charge < -0.3 is 15.2 Å². The molecule has 0 radical (unpaired) electrons. The van der Waals surface area contributed by atoms with E-state index in [1.54, 1.807) is 18.2 Å². The zero-order valence-electron chi connectivity index (χ0n) is 7.32. The first-order chi connectivity index (χ1) is 6.72. The van der Waals surface area contributed by atoms with E-state index in [1.807, 2.05) is 0 Å². The van der Waals surface area contributed by atoms with Crippen molar-refractivity contribution < 1.29 is 15.0 Å². The maximum atomic E-state index is 10.7. The number of aliphatic hydroxyl groups is 1. The van der Waals surface area contributed by atoms with Crippen molar-refractivity contribution in [2.45, 2.75) is 6.61 Å². The summed E-state index contributed by atoms with van der Waals surface area (Å²) in [7, 11) is 0. The summed E-state index contributed by atoms with van der Waals surface area (Å²) < 4.78 is 0. The lowest BCUT2D eigenvalue weighted by molar-refractivity contribution is 0.0691. The van der Waals surface area contributed by atoms with Gasteiger partial charge in [-0.2, -0.15) is 0 Å². The van der Waals surface area contributed by atoms with Crippen molar-refractivity contribution in [3.63, 3.8) is 0 Å². The van der Waals surface area contributed by atoms with Gasteiger partial charge in [-0.15, -0.1) is 0 Å². The second-order valence-electron chi connectivity index (χ2n) is 3.02. The monoisotopic (exact) mass is 191 g/mol. The lowest BCUT2D eigenvalue weighted by Gasteiger charge is -1.96. The van der Waals surface area contributed by atoms with Crippen LogP contribution >= 0.6 is 0 Å². The molecule has 4 nitrogen and oxygen atoms in total. The number of carbonyl (C=O) groups is 1. The van der Waals surface area contributed by atoms with Crippen LogP contribution in [0.3, 0.4) is 0 Å². The van der Waals surface area contributed by atoms with Crippen LogP contribution in [0.5, 0.6) is 0 Å². The zero-order chi connectivity index (χ0) is 10.1. The molecule has 14 heavy (non-hydrogen) atoms. The van der Waals surface area contributed by atoms with E-state index in [-0.39, 0.29) is 12.3 Å². The first-order valence-corrected chi connectivity index (χ1v) is 4.17. The number of aromatic nitrogens is 1. The van der Waals surface area contributed by atoms with Crippen LogP contribution in [0, 0.1) is 0 Å². The minimum atomic E-state index is -0.995. The molecular formula is C10H9NO3. The molecule has 0 spiro atoms. The molecule has 0 saturated heterocycles. The van der Waals surface area contributed by atoms with E-state index < -0.39 is 5.97 Å². The molecule has 0 fully saturated rings. The average Bonchev–Trinajstić information content (AvgIpc) is 2.60. The van der Waals surface area contributed by atoms with Crippen molar-refractivity contribution in [1.82, 2.24) is 4.98 Å². The molecule has 1 aromatic carbocycles. The molecule has 3 N–H and O–H groups in total. The molecule has 0 aliphatic heterocycles. The molecule has 0 atom stereocenters. The van der Waals surface area contributed by atoms with Crippen molar-refractivity contribution in [3.8, 4) is 0 Å². The van der Waals surface area contributed by atoms with Gasteiger partial charge in [-0.3, -0.25) is 0 Å². The van der Waals surface area contributed by atoms with Gasteiger partial charge in [-0.05, 0) is 17.7 Å². The van der Waals surface area contributed by atoms with Gasteiger partial charge in [0.2, 0.25) is 0 Å². The number of nitrogens with one attached hydrogen (secondary N) is 1. The first-order valence-electron chi connectivity index (χ1n) is 4.17. The summed E-state index contributed by atoms with van der Waals surface area (Å²) in [4.78, 5) is 13.4. The predicted octanol–water partition coefficient (Wildman–Crippen LogP) is 1.36. The van der Waals surface area contributed by atoms with Gasteiger partial charge in [0.25, 0.3) is 0 Å². The summed E-state index contributed by atoms with van der Waals surface area (Å²) >= 11 is 0. The molecule has 0 amide bonds. The van der Waals surface area contributed by atoms with E-state index in [1.165, 1.54) is 6.07 Å². The highest BCUT2D eigenvalue weighted by molar-refractivity contribution is 5.94. The molecule has 1 aromatic heterocycles. The number of H-pyrrole nitrogens is 1. The quantitative estimate of drug-likeness (QED) is 0.671. The fraction of sp³-hybridized carbons (Fsp3) is 0.100. The van der Waals surface area contributed by atoms with Gasteiger partial charge >= 0.3 is 5.97 Å². The number of rotatable bonds is 2. The maximum absolute atomic E-state index is 10.7. The van der Waals surface area contributed by atoms with Gasteiger partial charge in [0, 0.05) is 10.9 Å². The lowest BCUT2D eigenvalue weighted by atomic mass is 10.1. The van der Waals surface area contributed by atoms with Crippen molar-refractivity contribution in [2.24, 2.45) is 0 Å². The van der Waals surface area contributed by atoms with E-state index in [2.05, 4.69) is 4.98 Å². The molecule has 0 bridgehead atoms. The van der Waals surface area contributed by atoms with Gasteiger partial charge in [0.1, 0.15) is 5.69 Å². The van der Waals surface area contributed by atoms with E-state index in [0.717, 1.165) is 16.5 Å². The standard InChI is InChI=1S/C10H9NO3/c12-5-6-2-1-3-8-7(6)4-9(11-8)10(13)14/h1-4,11-12H,5H2,(H,13,14). The van der Waals surface area contributed by atoms with E-state index >= 15 is 0 Å². The van der Waals surface area contributed by atoms with Crippen molar-refractivity contribution in [3.05, 3.63) is 35.5 Å². The highest BCUT2D eigenvalue weighted by Gasteiger charge is 2.08. The Morgan fingerprint density at radius 2 is 2.21 bits per heavy atom. The molecular weight excluding hydrogens is 182 g/mol. The van der Waals surface area contributed by atoms with Crippen LogP contribution in [-0.4, -0.2) is 21.2 Å². The second-order valence-corrected chi connectivity index (χ2v) is 3.02. The topological polar surface area (TPSA) is 73.3 Å². The second kappa shape index (κ2) is 3.16. The van der Waals surface area contributed by atoms with Gasteiger partial charge in [0.05, 0.1) is 6.61 Å². The van der Waals surface area contributed by atoms with Crippen LogP contribution in [0.25, 0.3) is 10.9 Å². The van der Waals surface area contributed by atoms with Gasteiger partial charge in [0.15, 0.2) is 0 Å². The molecule has 0 aliphatic rings. The fourth-order valence-electron chi connectivity index (χ4n) is 1.47. The molecule has 1 heterocycles. The summed E-state index contributed by atoms with van der Waals surface area (Å²) in [5.41, 5.74) is 1.60. The molecule has 4 heteroatoms. The molecule has 2 rings (SSSR count). The predicted molar refractivity (Wildman–Crippen MR) is 51.2 cm³/mol. The summed E-state index contributed by atoms with van der Waals surface area (Å²) in [5, 5.41) is 18.5. The number of benzene rings is 1. The highest BCUT2D eigenvalue weighted by Crippen LogP contribution is 2.19. The molecule has 0 saturated carbocycles.